The second-order valence-corrected chi connectivity index (χ2v) is 6.46. The lowest BCUT2D eigenvalue weighted by Crippen LogP contribution is -2.42. The molecule has 2 aromatic rings. The normalized spacial score (nSPS) is 16.3. The Morgan fingerprint density at radius 3 is 2.67 bits per heavy atom. The van der Waals surface area contributed by atoms with E-state index in [0.717, 1.165) is 28.3 Å². The highest BCUT2D eigenvalue weighted by molar-refractivity contribution is 5.94. The lowest BCUT2D eigenvalue weighted by molar-refractivity contribution is -0.115. The van der Waals surface area contributed by atoms with Gasteiger partial charge in [0.25, 0.3) is 0 Å². The number of nitrogens with two attached hydrogens (primary N) is 1. The second kappa shape index (κ2) is 6.43. The Morgan fingerprint density at radius 1 is 1.25 bits per heavy atom. The molecule has 3 N–H and O–H groups in total. The zero-order valence-electron chi connectivity index (χ0n) is 14.3. The summed E-state index contributed by atoms with van der Waals surface area (Å²) < 4.78 is 5.82. The molecule has 126 valence electrons. The third-order valence-corrected chi connectivity index (χ3v) is 3.97. The van der Waals surface area contributed by atoms with E-state index in [4.69, 9.17) is 10.5 Å². The average Bonchev–Trinajstić information content (AvgIpc) is 2.46. The van der Waals surface area contributed by atoms with Crippen molar-refractivity contribution >= 4 is 23.0 Å². The summed E-state index contributed by atoms with van der Waals surface area (Å²) in [5, 5.41) is 2.98. The molecule has 1 unspecified atom stereocenters. The van der Waals surface area contributed by atoms with E-state index < -0.39 is 0 Å². The van der Waals surface area contributed by atoms with Crippen LogP contribution in [0.1, 0.15) is 18.1 Å². The number of ether oxygens (including phenoxy) is 1. The molecule has 0 spiro atoms. The number of fused-ring (bicyclic) bond motifs is 1. The highest BCUT2D eigenvalue weighted by atomic mass is 16.5. The van der Waals surface area contributed by atoms with Crippen LogP contribution in [0.3, 0.4) is 0 Å². The Kier molecular flexibility index (Phi) is 4.34. The van der Waals surface area contributed by atoms with Gasteiger partial charge in [0, 0.05) is 11.4 Å². The summed E-state index contributed by atoms with van der Waals surface area (Å²) in [7, 11) is 0. The van der Waals surface area contributed by atoms with Gasteiger partial charge >= 0.3 is 0 Å². The third-order valence-electron chi connectivity index (χ3n) is 3.97. The summed E-state index contributed by atoms with van der Waals surface area (Å²) in [6, 6.07) is 11.5. The van der Waals surface area contributed by atoms with Crippen LogP contribution >= 0.6 is 0 Å². The van der Waals surface area contributed by atoms with E-state index in [9.17, 15) is 4.79 Å². The van der Waals surface area contributed by atoms with Crippen molar-refractivity contribution in [2.75, 3.05) is 29.0 Å². The van der Waals surface area contributed by atoms with E-state index in [-0.39, 0.29) is 18.6 Å². The second-order valence-electron chi connectivity index (χ2n) is 6.46. The summed E-state index contributed by atoms with van der Waals surface area (Å²) in [5.41, 5.74) is 10.5. The molecule has 0 aliphatic carbocycles. The minimum Gasteiger partial charge on any atom is -0.487 e. The highest BCUT2D eigenvalue weighted by Gasteiger charge is 2.24. The maximum absolute atomic E-state index is 12.5. The number of aryl methyl sites for hydroxylation is 2. The minimum atomic E-state index is -0.0533. The number of amides is 1. The molecule has 0 saturated carbocycles. The van der Waals surface area contributed by atoms with Gasteiger partial charge in [0.2, 0.25) is 5.91 Å². The number of anilines is 3. The number of hydrogen-bond donors (Lipinski definition) is 2. The number of nitrogens with one attached hydrogen (secondary N) is 1. The minimum absolute atomic E-state index is 0.0233. The summed E-state index contributed by atoms with van der Waals surface area (Å²) in [5.74, 6) is 0.713. The topological polar surface area (TPSA) is 67.6 Å². The monoisotopic (exact) mass is 325 g/mol. The quantitative estimate of drug-likeness (QED) is 0.851. The summed E-state index contributed by atoms with van der Waals surface area (Å²) >= 11 is 0. The molecule has 5 heteroatoms. The molecule has 24 heavy (non-hydrogen) atoms. The van der Waals surface area contributed by atoms with Crippen LogP contribution in [-0.2, 0) is 4.79 Å². The fourth-order valence-corrected chi connectivity index (χ4v) is 3.11. The molecule has 0 radical (unpaired) electrons. The molecule has 0 aromatic heterocycles. The van der Waals surface area contributed by atoms with Crippen LogP contribution in [0.25, 0.3) is 0 Å². The van der Waals surface area contributed by atoms with Crippen molar-refractivity contribution in [2.24, 2.45) is 0 Å². The number of hydrogen-bond acceptors (Lipinski definition) is 4. The van der Waals surface area contributed by atoms with E-state index in [1.165, 1.54) is 0 Å². The lowest BCUT2D eigenvalue weighted by atomic mass is 10.1. The van der Waals surface area contributed by atoms with Gasteiger partial charge in [-0.25, -0.2) is 0 Å². The number of carbonyl (C=O) groups is 1. The van der Waals surface area contributed by atoms with Crippen LogP contribution in [0.4, 0.5) is 17.1 Å². The molecule has 1 heterocycles. The Bertz CT molecular complexity index is 753. The number of nitrogen functional groups attached to an aromatic ring is 1. The molecule has 2 aromatic carbocycles. The molecule has 0 saturated heterocycles. The Morgan fingerprint density at radius 2 is 1.96 bits per heavy atom. The lowest BCUT2D eigenvalue weighted by Gasteiger charge is -2.34. The van der Waals surface area contributed by atoms with E-state index in [1.54, 1.807) is 0 Å². The van der Waals surface area contributed by atoms with Gasteiger partial charge in [0.05, 0.1) is 18.8 Å². The van der Waals surface area contributed by atoms with Crippen LogP contribution < -0.4 is 20.7 Å². The first kappa shape index (κ1) is 16.2. The standard InChI is InChI=1S/C19H23N3O2/c1-12-6-13(2)8-16(7-12)21-19(23)11-22-10-14(3)24-18-5-4-15(20)9-17(18)22/h4-9,14H,10-11,20H2,1-3H3,(H,21,23). The number of benzene rings is 2. The van der Waals surface area contributed by atoms with E-state index in [1.807, 2.05) is 56.0 Å². The molecular weight excluding hydrogens is 302 g/mol. The molecule has 1 aliphatic rings. The summed E-state index contributed by atoms with van der Waals surface area (Å²) in [4.78, 5) is 14.5. The van der Waals surface area contributed by atoms with Crippen molar-refractivity contribution in [3.63, 3.8) is 0 Å². The van der Waals surface area contributed by atoms with Crippen molar-refractivity contribution in [2.45, 2.75) is 26.9 Å². The van der Waals surface area contributed by atoms with Gasteiger partial charge in [0.1, 0.15) is 11.9 Å². The maximum Gasteiger partial charge on any atom is 0.243 e. The molecular formula is C19H23N3O2. The molecule has 0 fully saturated rings. The van der Waals surface area contributed by atoms with Crippen molar-refractivity contribution in [1.82, 2.24) is 0 Å². The molecule has 3 rings (SSSR count). The smallest absolute Gasteiger partial charge is 0.243 e. The van der Waals surface area contributed by atoms with Gasteiger partial charge < -0.3 is 20.7 Å². The fourth-order valence-electron chi connectivity index (χ4n) is 3.11. The van der Waals surface area contributed by atoms with Crippen molar-refractivity contribution in [1.29, 1.82) is 0 Å². The van der Waals surface area contributed by atoms with Crippen molar-refractivity contribution in [3.8, 4) is 5.75 Å². The SMILES string of the molecule is Cc1cc(C)cc(NC(=O)CN2CC(C)Oc3ccc(N)cc32)c1. The van der Waals surface area contributed by atoms with Crippen LogP contribution in [0.5, 0.6) is 5.75 Å². The molecule has 1 atom stereocenters. The Balaban J connectivity index is 1.76. The number of carbonyl (C=O) groups excluding carboxylic acids is 1. The zero-order chi connectivity index (χ0) is 17.3. The predicted octanol–water partition coefficient (Wildman–Crippen LogP) is 3.11. The number of nitrogens with zero attached hydrogens (tertiary/aromatic N) is 1. The van der Waals surface area contributed by atoms with Crippen LogP contribution in [0.2, 0.25) is 0 Å². The van der Waals surface area contributed by atoms with Crippen LogP contribution in [0, 0.1) is 13.8 Å². The third kappa shape index (κ3) is 3.62. The summed E-state index contributed by atoms with van der Waals surface area (Å²) in [6.07, 6.45) is 0.0233. The van der Waals surface area contributed by atoms with Gasteiger partial charge in [0.15, 0.2) is 0 Å². The first-order valence-corrected chi connectivity index (χ1v) is 8.10. The molecule has 1 aliphatic heterocycles. The van der Waals surface area contributed by atoms with Gasteiger partial charge in [-0.1, -0.05) is 6.07 Å². The largest absolute Gasteiger partial charge is 0.487 e. The summed E-state index contributed by atoms with van der Waals surface area (Å²) in [6.45, 7) is 6.94. The van der Waals surface area contributed by atoms with E-state index >= 15 is 0 Å². The van der Waals surface area contributed by atoms with Crippen LogP contribution in [-0.4, -0.2) is 25.1 Å². The average molecular weight is 325 g/mol. The molecule has 1 amide bonds. The van der Waals surface area contributed by atoms with Gasteiger partial charge in [-0.3, -0.25) is 4.79 Å². The predicted molar refractivity (Wildman–Crippen MR) is 97.7 cm³/mol. The molecule has 5 nitrogen and oxygen atoms in total. The van der Waals surface area contributed by atoms with Crippen molar-refractivity contribution in [3.05, 3.63) is 47.5 Å². The van der Waals surface area contributed by atoms with E-state index in [2.05, 4.69) is 11.4 Å². The van der Waals surface area contributed by atoms with Crippen molar-refractivity contribution < 1.29 is 9.53 Å². The first-order chi connectivity index (χ1) is 11.4. The van der Waals surface area contributed by atoms with Gasteiger partial charge in [-0.05, 0) is 62.2 Å². The van der Waals surface area contributed by atoms with Crippen LogP contribution in [0.15, 0.2) is 36.4 Å². The van der Waals surface area contributed by atoms with Gasteiger partial charge in [-0.2, -0.15) is 0 Å². The maximum atomic E-state index is 12.5. The Hall–Kier alpha value is -2.69. The van der Waals surface area contributed by atoms with E-state index in [0.29, 0.717) is 12.2 Å². The fraction of sp³-hybridized carbons (Fsp3) is 0.316. The zero-order valence-corrected chi connectivity index (χ0v) is 14.3. The Labute approximate surface area is 142 Å². The van der Waals surface area contributed by atoms with Gasteiger partial charge in [-0.15, -0.1) is 0 Å². The highest BCUT2D eigenvalue weighted by Crippen LogP contribution is 2.34. The molecule has 0 bridgehead atoms. The number of rotatable bonds is 3. The first-order valence-electron chi connectivity index (χ1n) is 8.10.